The summed E-state index contributed by atoms with van der Waals surface area (Å²) < 4.78 is 11.2. The lowest BCUT2D eigenvalue weighted by Crippen LogP contribution is -2.45. The summed E-state index contributed by atoms with van der Waals surface area (Å²) in [6, 6.07) is -0.633. The molecule has 27 heavy (non-hydrogen) atoms. The first-order valence-electron chi connectivity index (χ1n) is 10.9. The van der Waals surface area contributed by atoms with E-state index in [2.05, 4.69) is 27.7 Å². The predicted molar refractivity (Wildman–Crippen MR) is 109 cm³/mol. The van der Waals surface area contributed by atoms with Gasteiger partial charge in [0.2, 0.25) is 0 Å². The smallest absolute Gasteiger partial charge is 0.410 e. The molecule has 1 amide bonds. The van der Waals surface area contributed by atoms with E-state index in [0.717, 1.165) is 25.7 Å². The Morgan fingerprint density at radius 2 is 1.74 bits per heavy atom. The van der Waals surface area contributed by atoms with Gasteiger partial charge in [-0.05, 0) is 43.9 Å². The largest absolute Gasteiger partial charge is 0.464 e. The standard InChI is InChI=1S/C22H41NO4/c1-7-8-9-10-11-14-26-21(24)18(5)23(6)22(25)27-20-15-17(4)12-13-19(20)16(2)3/h16-20H,7-15H2,1-6H3. The summed E-state index contributed by atoms with van der Waals surface area (Å²) in [6.45, 7) is 10.9. The van der Waals surface area contributed by atoms with Crippen molar-refractivity contribution in [2.24, 2.45) is 17.8 Å². The topological polar surface area (TPSA) is 55.8 Å². The van der Waals surface area contributed by atoms with Crippen molar-refractivity contribution in [1.82, 2.24) is 4.90 Å². The van der Waals surface area contributed by atoms with Crippen molar-refractivity contribution in [3.63, 3.8) is 0 Å². The van der Waals surface area contributed by atoms with E-state index in [1.165, 1.54) is 30.6 Å². The van der Waals surface area contributed by atoms with Crippen molar-refractivity contribution in [2.45, 2.75) is 98.1 Å². The van der Waals surface area contributed by atoms with Crippen LogP contribution in [0.2, 0.25) is 0 Å². The van der Waals surface area contributed by atoms with Crippen LogP contribution in [0.5, 0.6) is 0 Å². The predicted octanol–water partition coefficient (Wildman–Crippen LogP) is 5.42. The summed E-state index contributed by atoms with van der Waals surface area (Å²) in [5, 5.41) is 0. The first kappa shape index (κ1) is 23.8. The summed E-state index contributed by atoms with van der Waals surface area (Å²) in [6.07, 6.45) is 8.23. The van der Waals surface area contributed by atoms with Crippen LogP contribution in [-0.4, -0.2) is 42.8 Å². The highest BCUT2D eigenvalue weighted by Gasteiger charge is 2.35. The van der Waals surface area contributed by atoms with Crippen LogP contribution in [-0.2, 0) is 14.3 Å². The molecule has 0 aromatic heterocycles. The third-order valence-corrected chi connectivity index (χ3v) is 5.92. The van der Waals surface area contributed by atoms with Crippen LogP contribution in [0.25, 0.3) is 0 Å². The molecule has 1 aliphatic rings. The number of carbonyl (C=O) groups excluding carboxylic acids is 2. The van der Waals surface area contributed by atoms with Gasteiger partial charge in [-0.1, -0.05) is 59.8 Å². The maximum Gasteiger partial charge on any atom is 0.410 e. The highest BCUT2D eigenvalue weighted by Crippen LogP contribution is 2.35. The summed E-state index contributed by atoms with van der Waals surface area (Å²) >= 11 is 0. The summed E-state index contributed by atoms with van der Waals surface area (Å²) in [5.41, 5.74) is 0. The van der Waals surface area contributed by atoms with Crippen molar-refractivity contribution in [1.29, 1.82) is 0 Å². The fraction of sp³-hybridized carbons (Fsp3) is 0.909. The highest BCUT2D eigenvalue weighted by atomic mass is 16.6. The number of amides is 1. The average molecular weight is 384 g/mol. The van der Waals surface area contributed by atoms with Gasteiger partial charge in [-0.3, -0.25) is 4.90 Å². The molecule has 158 valence electrons. The molecular formula is C22H41NO4. The van der Waals surface area contributed by atoms with Crippen LogP contribution in [0.1, 0.15) is 86.0 Å². The monoisotopic (exact) mass is 383 g/mol. The Morgan fingerprint density at radius 1 is 1.07 bits per heavy atom. The fourth-order valence-electron chi connectivity index (χ4n) is 3.78. The van der Waals surface area contributed by atoms with Gasteiger partial charge in [0.1, 0.15) is 12.1 Å². The molecule has 0 heterocycles. The number of esters is 1. The second-order valence-corrected chi connectivity index (χ2v) is 8.62. The highest BCUT2D eigenvalue weighted by molar-refractivity contribution is 5.80. The Morgan fingerprint density at radius 3 is 2.37 bits per heavy atom. The van der Waals surface area contributed by atoms with Crippen LogP contribution in [0.15, 0.2) is 0 Å². The van der Waals surface area contributed by atoms with Crippen molar-refractivity contribution in [3.05, 3.63) is 0 Å². The van der Waals surface area contributed by atoms with Crippen molar-refractivity contribution >= 4 is 12.1 Å². The molecule has 5 heteroatoms. The Hall–Kier alpha value is -1.26. The van der Waals surface area contributed by atoms with Gasteiger partial charge in [-0.25, -0.2) is 9.59 Å². The molecular weight excluding hydrogens is 342 g/mol. The van der Waals surface area contributed by atoms with E-state index in [4.69, 9.17) is 9.47 Å². The molecule has 0 aromatic rings. The Balaban J connectivity index is 2.45. The number of hydrogen-bond donors (Lipinski definition) is 0. The van der Waals surface area contributed by atoms with Crippen LogP contribution < -0.4 is 0 Å². The molecule has 0 aromatic carbocycles. The molecule has 0 saturated heterocycles. The molecule has 0 aliphatic heterocycles. The number of nitrogens with zero attached hydrogens (tertiary/aromatic N) is 1. The van der Waals surface area contributed by atoms with Gasteiger partial charge in [-0.15, -0.1) is 0 Å². The van der Waals surface area contributed by atoms with Crippen molar-refractivity contribution < 1.29 is 19.1 Å². The average Bonchev–Trinajstić information content (AvgIpc) is 2.62. The van der Waals surface area contributed by atoms with Gasteiger partial charge in [-0.2, -0.15) is 0 Å². The lowest BCUT2D eigenvalue weighted by atomic mass is 9.75. The van der Waals surface area contributed by atoms with E-state index in [0.29, 0.717) is 24.4 Å². The van der Waals surface area contributed by atoms with Crippen LogP contribution in [0.3, 0.4) is 0 Å². The van der Waals surface area contributed by atoms with Gasteiger partial charge < -0.3 is 9.47 Å². The molecule has 4 unspecified atom stereocenters. The van der Waals surface area contributed by atoms with E-state index in [1.807, 2.05) is 0 Å². The van der Waals surface area contributed by atoms with Crippen LogP contribution in [0.4, 0.5) is 4.79 Å². The minimum atomic E-state index is -0.633. The first-order chi connectivity index (χ1) is 12.8. The molecule has 5 nitrogen and oxygen atoms in total. The van der Waals surface area contributed by atoms with E-state index in [-0.39, 0.29) is 12.1 Å². The second-order valence-electron chi connectivity index (χ2n) is 8.62. The number of carbonyl (C=O) groups is 2. The molecule has 0 radical (unpaired) electrons. The zero-order valence-electron chi connectivity index (χ0n) is 18.3. The minimum absolute atomic E-state index is 0.0644. The van der Waals surface area contributed by atoms with Gasteiger partial charge in [0.25, 0.3) is 0 Å². The third-order valence-electron chi connectivity index (χ3n) is 5.92. The molecule has 1 rings (SSSR count). The van der Waals surface area contributed by atoms with Crippen LogP contribution >= 0.6 is 0 Å². The molecule has 1 aliphatic carbocycles. The van der Waals surface area contributed by atoms with Crippen molar-refractivity contribution in [3.8, 4) is 0 Å². The Labute approximate surface area is 166 Å². The van der Waals surface area contributed by atoms with Gasteiger partial charge >= 0.3 is 12.1 Å². The third kappa shape index (κ3) is 8.10. The summed E-state index contributed by atoms with van der Waals surface area (Å²) in [4.78, 5) is 26.2. The number of hydrogen-bond acceptors (Lipinski definition) is 4. The molecule has 0 N–H and O–H groups in total. The molecule has 4 atom stereocenters. The number of ether oxygens (including phenoxy) is 2. The normalized spacial score (nSPS) is 23.7. The number of rotatable bonds is 10. The fourth-order valence-corrected chi connectivity index (χ4v) is 3.78. The molecule has 0 bridgehead atoms. The summed E-state index contributed by atoms with van der Waals surface area (Å²) in [7, 11) is 1.62. The van der Waals surface area contributed by atoms with E-state index >= 15 is 0 Å². The zero-order valence-corrected chi connectivity index (χ0v) is 18.3. The maximum absolute atomic E-state index is 12.6. The Kier molecular flexibility index (Phi) is 10.8. The molecule has 1 fully saturated rings. The SMILES string of the molecule is CCCCCCCOC(=O)C(C)N(C)C(=O)OC1CC(C)CCC1C(C)C. The lowest BCUT2D eigenvalue weighted by molar-refractivity contribution is -0.148. The maximum atomic E-state index is 12.6. The van der Waals surface area contributed by atoms with E-state index in [9.17, 15) is 9.59 Å². The van der Waals surface area contributed by atoms with Gasteiger partial charge in [0, 0.05) is 7.05 Å². The van der Waals surface area contributed by atoms with E-state index in [1.54, 1.807) is 14.0 Å². The minimum Gasteiger partial charge on any atom is -0.464 e. The zero-order chi connectivity index (χ0) is 20.4. The van der Waals surface area contributed by atoms with Crippen molar-refractivity contribution in [2.75, 3.05) is 13.7 Å². The number of unbranched alkanes of at least 4 members (excludes halogenated alkanes) is 4. The van der Waals surface area contributed by atoms with Gasteiger partial charge in [0.05, 0.1) is 6.61 Å². The van der Waals surface area contributed by atoms with Crippen LogP contribution in [0, 0.1) is 17.8 Å². The van der Waals surface area contributed by atoms with Gasteiger partial charge in [0.15, 0.2) is 0 Å². The first-order valence-corrected chi connectivity index (χ1v) is 10.9. The Bertz CT molecular complexity index is 452. The molecule has 1 saturated carbocycles. The quantitative estimate of drug-likeness (QED) is 0.373. The van der Waals surface area contributed by atoms with E-state index < -0.39 is 12.1 Å². The lowest BCUT2D eigenvalue weighted by Gasteiger charge is -2.37. The number of likely N-dealkylation sites (N-methyl/N-ethyl adjacent to an activating group) is 1. The second kappa shape index (κ2) is 12.2. The summed E-state index contributed by atoms with van der Waals surface area (Å²) in [5.74, 6) is 1.08. The molecule has 0 spiro atoms.